The molecular weight excluding hydrogens is 270 g/mol. The zero-order valence-corrected chi connectivity index (χ0v) is 13.2. The number of nitrogens with one attached hydrogen (secondary N) is 1. The van der Waals surface area contributed by atoms with Gasteiger partial charge in [-0.3, -0.25) is 9.69 Å². The van der Waals surface area contributed by atoms with E-state index in [-0.39, 0.29) is 5.91 Å². The van der Waals surface area contributed by atoms with Crippen LogP contribution < -0.4 is 5.32 Å². The van der Waals surface area contributed by atoms with Crippen LogP contribution in [0.3, 0.4) is 0 Å². The number of piperidine rings is 1. The molecule has 1 aliphatic rings. The van der Waals surface area contributed by atoms with Gasteiger partial charge in [0.05, 0.1) is 5.69 Å². The lowest BCUT2D eigenvalue weighted by molar-refractivity contribution is -0.116. The summed E-state index contributed by atoms with van der Waals surface area (Å²) in [7, 11) is 0. The SMILES string of the molecule is CCCCCC(=O)Nc1nc(CN2CCCCC2)cs1. The Labute approximate surface area is 125 Å². The lowest BCUT2D eigenvalue weighted by Gasteiger charge is -2.25. The number of anilines is 1. The number of hydrogen-bond acceptors (Lipinski definition) is 4. The van der Waals surface area contributed by atoms with Crippen LogP contribution in [-0.2, 0) is 11.3 Å². The van der Waals surface area contributed by atoms with Crippen LogP contribution >= 0.6 is 11.3 Å². The van der Waals surface area contributed by atoms with Gasteiger partial charge in [-0.25, -0.2) is 4.98 Å². The van der Waals surface area contributed by atoms with Crippen molar-refractivity contribution in [2.45, 2.75) is 58.4 Å². The van der Waals surface area contributed by atoms with Crippen LogP contribution in [0.15, 0.2) is 5.38 Å². The maximum absolute atomic E-state index is 11.7. The average Bonchev–Trinajstić information content (AvgIpc) is 2.87. The average molecular weight is 295 g/mol. The number of hydrogen-bond donors (Lipinski definition) is 1. The number of likely N-dealkylation sites (tertiary alicyclic amines) is 1. The second-order valence-corrected chi connectivity index (χ2v) is 6.34. The minimum Gasteiger partial charge on any atom is -0.302 e. The van der Waals surface area contributed by atoms with Gasteiger partial charge in [0, 0.05) is 18.3 Å². The van der Waals surface area contributed by atoms with Gasteiger partial charge in [0.25, 0.3) is 0 Å². The van der Waals surface area contributed by atoms with E-state index in [1.807, 2.05) is 0 Å². The van der Waals surface area contributed by atoms with Gasteiger partial charge in [0.15, 0.2) is 5.13 Å². The first-order valence-electron chi connectivity index (χ1n) is 7.74. The van der Waals surface area contributed by atoms with Crippen molar-refractivity contribution < 1.29 is 4.79 Å². The highest BCUT2D eigenvalue weighted by molar-refractivity contribution is 7.13. The highest BCUT2D eigenvalue weighted by Crippen LogP contribution is 2.19. The number of carbonyl (C=O) groups excluding carboxylic acids is 1. The standard InChI is InChI=1S/C15H25N3OS/c1-2-3-5-8-14(19)17-15-16-13(12-20-15)11-18-9-6-4-7-10-18/h12H,2-11H2,1H3,(H,16,17,19). The lowest BCUT2D eigenvalue weighted by Crippen LogP contribution is -2.29. The van der Waals surface area contributed by atoms with Crippen LogP contribution in [0.2, 0.25) is 0 Å². The number of aromatic nitrogens is 1. The molecule has 2 rings (SSSR count). The Hall–Kier alpha value is -0.940. The molecule has 0 atom stereocenters. The molecule has 2 heterocycles. The van der Waals surface area contributed by atoms with Crippen molar-refractivity contribution in [3.63, 3.8) is 0 Å². The zero-order valence-electron chi connectivity index (χ0n) is 12.4. The fraction of sp³-hybridized carbons (Fsp3) is 0.733. The molecule has 0 unspecified atom stereocenters. The quantitative estimate of drug-likeness (QED) is 0.781. The topological polar surface area (TPSA) is 45.2 Å². The van der Waals surface area contributed by atoms with Gasteiger partial charge in [0.2, 0.25) is 5.91 Å². The summed E-state index contributed by atoms with van der Waals surface area (Å²) < 4.78 is 0. The van der Waals surface area contributed by atoms with Crippen molar-refractivity contribution in [1.82, 2.24) is 9.88 Å². The highest BCUT2D eigenvalue weighted by atomic mass is 32.1. The maximum atomic E-state index is 11.7. The highest BCUT2D eigenvalue weighted by Gasteiger charge is 2.13. The molecule has 112 valence electrons. The largest absolute Gasteiger partial charge is 0.302 e. The zero-order chi connectivity index (χ0) is 14.2. The van der Waals surface area contributed by atoms with Crippen LogP contribution in [0.5, 0.6) is 0 Å². The second kappa shape index (κ2) is 8.37. The summed E-state index contributed by atoms with van der Waals surface area (Å²) in [6.07, 6.45) is 7.78. The molecule has 0 aliphatic carbocycles. The van der Waals surface area contributed by atoms with E-state index in [1.54, 1.807) is 0 Å². The van der Waals surface area contributed by atoms with Gasteiger partial charge in [-0.05, 0) is 32.4 Å². The van der Waals surface area contributed by atoms with E-state index in [1.165, 1.54) is 43.7 Å². The lowest BCUT2D eigenvalue weighted by atomic mass is 10.1. The number of thiazole rings is 1. The summed E-state index contributed by atoms with van der Waals surface area (Å²) in [4.78, 5) is 18.7. The Morgan fingerprint density at radius 3 is 2.90 bits per heavy atom. The van der Waals surface area contributed by atoms with Crippen molar-refractivity contribution >= 4 is 22.4 Å². The molecule has 0 bridgehead atoms. The molecule has 1 aromatic rings. The number of nitrogens with zero attached hydrogens (tertiary/aromatic N) is 2. The number of unbranched alkanes of at least 4 members (excludes halogenated alkanes) is 2. The molecule has 0 spiro atoms. The molecule has 1 aliphatic heterocycles. The normalized spacial score (nSPS) is 16.2. The van der Waals surface area contributed by atoms with Crippen molar-refractivity contribution in [3.05, 3.63) is 11.1 Å². The molecule has 1 fully saturated rings. The molecule has 0 saturated carbocycles. The molecule has 5 heteroatoms. The fourth-order valence-electron chi connectivity index (χ4n) is 2.50. The van der Waals surface area contributed by atoms with Crippen LogP contribution in [0.1, 0.15) is 57.6 Å². The molecular formula is C15H25N3OS. The molecule has 1 aromatic heterocycles. The summed E-state index contributed by atoms with van der Waals surface area (Å²) >= 11 is 1.54. The maximum Gasteiger partial charge on any atom is 0.226 e. The van der Waals surface area contributed by atoms with E-state index in [0.29, 0.717) is 6.42 Å². The molecule has 0 radical (unpaired) electrons. The van der Waals surface area contributed by atoms with Crippen LogP contribution in [-0.4, -0.2) is 28.9 Å². The van der Waals surface area contributed by atoms with Gasteiger partial charge in [-0.15, -0.1) is 11.3 Å². The van der Waals surface area contributed by atoms with Crippen molar-refractivity contribution in [3.8, 4) is 0 Å². The van der Waals surface area contributed by atoms with Crippen LogP contribution in [0.4, 0.5) is 5.13 Å². The summed E-state index contributed by atoms with van der Waals surface area (Å²) in [6, 6.07) is 0. The third-order valence-electron chi connectivity index (χ3n) is 3.64. The first-order chi connectivity index (χ1) is 9.78. The van der Waals surface area contributed by atoms with E-state index in [0.717, 1.165) is 36.6 Å². The van der Waals surface area contributed by atoms with E-state index < -0.39 is 0 Å². The van der Waals surface area contributed by atoms with Crippen molar-refractivity contribution in [2.24, 2.45) is 0 Å². The smallest absolute Gasteiger partial charge is 0.226 e. The first kappa shape index (κ1) is 15.4. The number of rotatable bonds is 7. The first-order valence-corrected chi connectivity index (χ1v) is 8.62. The van der Waals surface area contributed by atoms with E-state index in [9.17, 15) is 4.79 Å². The summed E-state index contributed by atoms with van der Waals surface area (Å²) in [5.74, 6) is 0.0947. The molecule has 20 heavy (non-hydrogen) atoms. The Morgan fingerprint density at radius 1 is 1.35 bits per heavy atom. The van der Waals surface area contributed by atoms with E-state index in [2.05, 4.69) is 27.5 Å². The van der Waals surface area contributed by atoms with Gasteiger partial charge >= 0.3 is 0 Å². The molecule has 1 amide bonds. The van der Waals surface area contributed by atoms with Crippen molar-refractivity contribution in [2.75, 3.05) is 18.4 Å². The Balaban J connectivity index is 1.75. The minimum atomic E-state index is 0.0947. The Bertz CT molecular complexity index is 413. The van der Waals surface area contributed by atoms with Crippen molar-refractivity contribution in [1.29, 1.82) is 0 Å². The minimum absolute atomic E-state index is 0.0947. The molecule has 1 N–H and O–H groups in total. The summed E-state index contributed by atoms with van der Waals surface area (Å²) in [6.45, 7) is 5.42. The fourth-order valence-corrected chi connectivity index (χ4v) is 3.22. The predicted molar refractivity (Wildman–Crippen MR) is 84.0 cm³/mol. The predicted octanol–water partition coefficient (Wildman–Crippen LogP) is 3.65. The monoisotopic (exact) mass is 295 g/mol. The molecule has 0 aromatic carbocycles. The number of carbonyl (C=O) groups is 1. The third kappa shape index (κ3) is 5.21. The van der Waals surface area contributed by atoms with Crippen LogP contribution in [0, 0.1) is 0 Å². The number of amides is 1. The van der Waals surface area contributed by atoms with Gasteiger partial charge < -0.3 is 5.32 Å². The van der Waals surface area contributed by atoms with Gasteiger partial charge in [-0.1, -0.05) is 26.2 Å². The summed E-state index contributed by atoms with van der Waals surface area (Å²) in [5.41, 5.74) is 1.08. The molecule has 1 saturated heterocycles. The van der Waals surface area contributed by atoms with Gasteiger partial charge in [0.1, 0.15) is 0 Å². The Morgan fingerprint density at radius 2 is 2.15 bits per heavy atom. The summed E-state index contributed by atoms with van der Waals surface area (Å²) in [5, 5.41) is 5.72. The van der Waals surface area contributed by atoms with E-state index >= 15 is 0 Å². The Kier molecular flexibility index (Phi) is 6.47. The third-order valence-corrected chi connectivity index (χ3v) is 4.45. The second-order valence-electron chi connectivity index (χ2n) is 5.49. The van der Waals surface area contributed by atoms with E-state index in [4.69, 9.17) is 0 Å². The van der Waals surface area contributed by atoms with Crippen LogP contribution in [0.25, 0.3) is 0 Å². The van der Waals surface area contributed by atoms with Gasteiger partial charge in [-0.2, -0.15) is 0 Å². The molecule has 4 nitrogen and oxygen atoms in total.